The lowest BCUT2D eigenvalue weighted by Crippen LogP contribution is -2.51. The lowest BCUT2D eigenvalue weighted by molar-refractivity contribution is 0.0197. The number of piperidine rings is 2. The molecule has 292 valence electrons. The van der Waals surface area contributed by atoms with Gasteiger partial charge in [0.05, 0.1) is 14.2 Å². The molecule has 52 heavy (non-hydrogen) atoms. The number of benzene rings is 2. The third-order valence-electron chi connectivity index (χ3n) is 8.54. The maximum Gasteiger partial charge on any atom is 0.410 e. The van der Waals surface area contributed by atoms with Crippen LogP contribution in [0.3, 0.4) is 0 Å². The van der Waals surface area contributed by atoms with Crippen LogP contribution in [0.5, 0.6) is 0 Å². The summed E-state index contributed by atoms with van der Waals surface area (Å²) in [5, 5.41) is 10.3. The van der Waals surface area contributed by atoms with Gasteiger partial charge in [0, 0.05) is 79.3 Å². The van der Waals surface area contributed by atoms with Crippen molar-refractivity contribution in [1.29, 1.82) is 0 Å². The van der Waals surface area contributed by atoms with Crippen molar-refractivity contribution in [1.82, 2.24) is 20.9 Å². The Kier molecular flexibility index (Phi) is 19.8. The molecule has 12 nitrogen and oxygen atoms in total. The standard InChI is InChI=1S/C21H32ClN3O4.C16H24ClN3O2.CH4/c1-21(2,3)29-20(27)24-12-6-10-18(15-24)25(13-7-11-23-19(26)28-4)17-9-5-8-16(22)14-17;1-22-16(21)19-9-4-10-20(15-7-3-8-18-12-15)14-6-2-5-13(17)11-14;/h5,8-9,14,18H,6-7,10-13,15H2,1-4H3,(H,23,26);2,5-6,11,15,18H,3-4,7-10,12H2,1H3,(H,19,21);1H4. The summed E-state index contributed by atoms with van der Waals surface area (Å²) in [5.41, 5.74) is 1.63. The monoisotopic (exact) mass is 766 g/mol. The number of nitrogens with zero attached hydrogens (tertiary/aromatic N) is 3. The minimum atomic E-state index is -0.518. The lowest BCUT2D eigenvalue weighted by Gasteiger charge is -2.41. The Morgan fingerprint density at radius 2 is 1.37 bits per heavy atom. The molecule has 0 aromatic heterocycles. The largest absolute Gasteiger partial charge is 0.453 e. The SMILES string of the molecule is C.COC(=O)NCCCN(c1cccc(Cl)c1)C1CCCN(C(=O)OC(C)(C)C)C1.COC(=O)NCCCN(c1cccc(Cl)c1)C1CCCNC1. The van der Waals surface area contributed by atoms with Gasteiger partial charge >= 0.3 is 18.3 Å². The fourth-order valence-electron chi connectivity index (χ4n) is 6.18. The van der Waals surface area contributed by atoms with Gasteiger partial charge in [-0.05, 0) is 102 Å². The van der Waals surface area contributed by atoms with E-state index in [-0.39, 0.29) is 25.7 Å². The number of halogens is 2. The minimum Gasteiger partial charge on any atom is -0.453 e. The predicted octanol–water partition coefficient (Wildman–Crippen LogP) is 7.57. The first-order valence-electron chi connectivity index (χ1n) is 17.8. The van der Waals surface area contributed by atoms with E-state index >= 15 is 0 Å². The third-order valence-corrected chi connectivity index (χ3v) is 9.01. The number of hydrogen-bond donors (Lipinski definition) is 3. The average Bonchev–Trinajstić information content (AvgIpc) is 3.11. The molecule has 0 spiro atoms. The van der Waals surface area contributed by atoms with Crippen molar-refractivity contribution in [3.8, 4) is 0 Å². The Labute approximate surface area is 320 Å². The fourth-order valence-corrected chi connectivity index (χ4v) is 6.55. The van der Waals surface area contributed by atoms with Crippen LogP contribution in [0.25, 0.3) is 0 Å². The number of amides is 3. The van der Waals surface area contributed by atoms with Gasteiger partial charge in [0.15, 0.2) is 0 Å². The van der Waals surface area contributed by atoms with Gasteiger partial charge in [-0.1, -0.05) is 42.8 Å². The van der Waals surface area contributed by atoms with Crippen LogP contribution in [0, 0.1) is 0 Å². The van der Waals surface area contributed by atoms with E-state index in [2.05, 4.69) is 41.3 Å². The summed E-state index contributed by atoms with van der Waals surface area (Å²) in [4.78, 5) is 41.4. The van der Waals surface area contributed by atoms with Crippen molar-refractivity contribution < 1.29 is 28.6 Å². The Balaban J connectivity index is 0.000000366. The number of carbonyl (C=O) groups excluding carboxylic acids is 3. The lowest BCUT2D eigenvalue weighted by atomic mass is 10.0. The number of ether oxygens (including phenoxy) is 3. The number of anilines is 2. The molecule has 2 aliphatic rings. The van der Waals surface area contributed by atoms with Crippen LogP contribution in [-0.4, -0.2) is 107 Å². The minimum absolute atomic E-state index is 0. The van der Waals surface area contributed by atoms with E-state index in [1.54, 1.807) is 4.90 Å². The fraction of sp³-hybridized carbons (Fsp3) is 0.605. The van der Waals surface area contributed by atoms with E-state index in [9.17, 15) is 14.4 Å². The summed E-state index contributed by atoms with van der Waals surface area (Å²) in [6, 6.07) is 16.3. The quantitative estimate of drug-likeness (QED) is 0.148. The maximum absolute atomic E-state index is 12.5. The number of alkyl carbamates (subject to hydrolysis) is 2. The van der Waals surface area contributed by atoms with Gasteiger partial charge in [0.1, 0.15) is 5.60 Å². The van der Waals surface area contributed by atoms with Gasteiger partial charge in [-0.15, -0.1) is 0 Å². The molecule has 2 heterocycles. The van der Waals surface area contributed by atoms with E-state index in [1.807, 2.05) is 63.2 Å². The smallest absolute Gasteiger partial charge is 0.410 e. The predicted molar refractivity (Wildman–Crippen MR) is 211 cm³/mol. The highest BCUT2D eigenvalue weighted by Gasteiger charge is 2.31. The molecular weight excluding hydrogens is 707 g/mol. The molecule has 2 aromatic carbocycles. The molecule has 2 atom stereocenters. The molecule has 2 aromatic rings. The molecule has 0 radical (unpaired) electrons. The first-order valence-corrected chi connectivity index (χ1v) is 18.5. The molecule has 3 N–H and O–H groups in total. The second-order valence-corrected chi connectivity index (χ2v) is 14.5. The first kappa shape index (κ1) is 44.6. The Morgan fingerprint density at radius 3 is 1.83 bits per heavy atom. The number of nitrogens with one attached hydrogen (secondary N) is 3. The normalized spacial score (nSPS) is 16.9. The number of rotatable bonds is 12. The van der Waals surface area contributed by atoms with Crippen molar-refractivity contribution >= 4 is 52.9 Å². The summed E-state index contributed by atoms with van der Waals surface area (Å²) in [7, 11) is 2.72. The number of likely N-dealkylation sites (tertiary alicyclic amines) is 1. The molecule has 4 rings (SSSR count). The number of methoxy groups -OCH3 is 2. The van der Waals surface area contributed by atoms with Gasteiger partial charge in [-0.2, -0.15) is 0 Å². The molecule has 2 fully saturated rings. The van der Waals surface area contributed by atoms with Crippen molar-refractivity contribution in [2.45, 2.75) is 84.4 Å². The van der Waals surface area contributed by atoms with Crippen molar-refractivity contribution in [3.63, 3.8) is 0 Å². The molecule has 3 amide bonds. The Morgan fingerprint density at radius 1 is 0.846 bits per heavy atom. The van der Waals surface area contributed by atoms with Crippen LogP contribution in [0.2, 0.25) is 10.0 Å². The van der Waals surface area contributed by atoms with E-state index in [1.165, 1.54) is 27.1 Å². The third kappa shape index (κ3) is 16.0. The molecule has 0 saturated carbocycles. The molecule has 2 saturated heterocycles. The van der Waals surface area contributed by atoms with E-state index < -0.39 is 11.7 Å². The molecule has 2 aliphatic heterocycles. The summed E-state index contributed by atoms with van der Waals surface area (Å²) in [6.45, 7) is 11.7. The Hall–Kier alpha value is -3.61. The highest BCUT2D eigenvalue weighted by atomic mass is 35.5. The van der Waals surface area contributed by atoms with Crippen LogP contribution in [0.4, 0.5) is 25.8 Å². The summed E-state index contributed by atoms with van der Waals surface area (Å²) in [6.07, 6.45) is 4.73. The van der Waals surface area contributed by atoms with Crippen molar-refractivity contribution in [3.05, 3.63) is 58.6 Å². The zero-order valence-corrected chi connectivity index (χ0v) is 32.2. The zero-order chi connectivity index (χ0) is 37.2. The highest BCUT2D eigenvalue weighted by Crippen LogP contribution is 2.27. The molecule has 2 unspecified atom stereocenters. The van der Waals surface area contributed by atoms with Crippen LogP contribution < -0.4 is 25.8 Å². The summed E-state index contributed by atoms with van der Waals surface area (Å²) < 4.78 is 14.8. The van der Waals surface area contributed by atoms with Crippen molar-refractivity contribution in [2.24, 2.45) is 0 Å². The highest BCUT2D eigenvalue weighted by molar-refractivity contribution is 6.31. The molecule has 0 bridgehead atoms. The molecular formula is C38H60Cl2N6O6. The van der Waals surface area contributed by atoms with Gasteiger partial charge in [-0.25, -0.2) is 14.4 Å². The van der Waals surface area contributed by atoms with Crippen molar-refractivity contribution in [2.75, 3.05) is 76.4 Å². The van der Waals surface area contributed by atoms with E-state index in [0.717, 1.165) is 68.3 Å². The summed E-state index contributed by atoms with van der Waals surface area (Å²) >= 11 is 12.4. The van der Waals surface area contributed by atoms with Crippen LogP contribution in [-0.2, 0) is 14.2 Å². The van der Waals surface area contributed by atoms with E-state index in [0.29, 0.717) is 37.2 Å². The first-order chi connectivity index (χ1) is 24.4. The van der Waals surface area contributed by atoms with Gasteiger partial charge in [-0.3, -0.25) is 0 Å². The Bertz CT molecular complexity index is 1370. The van der Waals surface area contributed by atoms with Gasteiger partial charge in [0.2, 0.25) is 0 Å². The number of carbonyl (C=O) groups is 3. The molecule has 14 heteroatoms. The second-order valence-electron chi connectivity index (χ2n) is 13.6. The van der Waals surface area contributed by atoms with Crippen LogP contribution in [0.1, 0.15) is 66.7 Å². The topological polar surface area (TPSA) is 125 Å². The van der Waals surface area contributed by atoms with Gasteiger partial charge < -0.3 is 44.9 Å². The maximum atomic E-state index is 12.5. The van der Waals surface area contributed by atoms with Gasteiger partial charge in [0.25, 0.3) is 0 Å². The van der Waals surface area contributed by atoms with Crippen LogP contribution in [0.15, 0.2) is 48.5 Å². The van der Waals surface area contributed by atoms with E-state index in [4.69, 9.17) is 27.9 Å². The summed E-state index contributed by atoms with van der Waals surface area (Å²) in [5.74, 6) is 0. The molecule has 0 aliphatic carbocycles. The second kappa shape index (κ2) is 23.1. The number of hydrogen-bond acceptors (Lipinski definition) is 9. The van der Waals surface area contributed by atoms with Crippen LogP contribution >= 0.6 is 23.2 Å². The zero-order valence-electron chi connectivity index (χ0n) is 30.7. The average molecular weight is 768 g/mol.